The maximum Gasteiger partial charge on any atom is 0.387 e. The second-order valence-corrected chi connectivity index (χ2v) is 17.3. The molecule has 0 atom stereocenters. The molecule has 0 fully saturated rings. The van der Waals surface area contributed by atoms with E-state index in [1.807, 2.05) is 0 Å². The van der Waals surface area contributed by atoms with Gasteiger partial charge in [-0.3, -0.25) is 0 Å². The molecule has 5 heteroatoms. The molecule has 0 amide bonds. The van der Waals surface area contributed by atoms with Crippen molar-refractivity contribution in [1.82, 2.24) is 0 Å². The van der Waals surface area contributed by atoms with Gasteiger partial charge in [0.2, 0.25) is 0 Å². The molecule has 0 saturated heterocycles. The van der Waals surface area contributed by atoms with Crippen molar-refractivity contribution < 1.29 is 8.23 Å². The van der Waals surface area contributed by atoms with Gasteiger partial charge in [-0.2, -0.15) is 0 Å². The molecule has 0 bridgehead atoms. The Morgan fingerprint density at radius 3 is 0.756 bits per heavy atom. The van der Waals surface area contributed by atoms with Gasteiger partial charge in [0.05, 0.1) is 0 Å². The molecule has 2 nitrogen and oxygen atoms in total. The van der Waals surface area contributed by atoms with Gasteiger partial charge in [0.1, 0.15) is 0 Å². The highest BCUT2D eigenvalue weighted by molar-refractivity contribution is 7.04. The predicted molar refractivity (Wildman–Crippen MR) is 176 cm³/mol. The van der Waals surface area contributed by atoms with Crippen LogP contribution in [0, 0.1) is 0 Å². The lowest BCUT2D eigenvalue weighted by Crippen LogP contribution is -2.72. The molecule has 0 aliphatic carbocycles. The molecular weight excluding hydrogens is 549 g/mol. The van der Waals surface area contributed by atoms with Crippen molar-refractivity contribution in [1.29, 1.82) is 0 Å². The molecule has 0 aromatic heterocycles. The summed E-state index contributed by atoms with van der Waals surface area (Å²) >= 11 is 0. The minimum absolute atomic E-state index is 1.11. The number of benzene rings is 6. The molecule has 6 aromatic rings. The van der Waals surface area contributed by atoms with E-state index >= 15 is 0 Å². The highest BCUT2D eigenvalue weighted by Gasteiger charge is 2.48. The molecule has 41 heavy (non-hydrogen) atoms. The Hall–Kier alpha value is -4.11. The van der Waals surface area contributed by atoms with Gasteiger partial charge in [-0.15, -0.1) is 0 Å². The zero-order valence-electron chi connectivity index (χ0n) is 22.6. The zero-order chi connectivity index (χ0) is 27.7. The van der Waals surface area contributed by atoms with Crippen molar-refractivity contribution >= 4 is 57.8 Å². The van der Waals surface area contributed by atoms with Crippen molar-refractivity contribution in [2.24, 2.45) is 0 Å². The van der Waals surface area contributed by atoms with Gasteiger partial charge in [-0.05, 0) is 31.1 Å². The van der Waals surface area contributed by atoms with Crippen molar-refractivity contribution in [3.05, 3.63) is 182 Å². The van der Waals surface area contributed by atoms with Crippen molar-refractivity contribution in [2.75, 3.05) is 0 Å². The lowest BCUT2D eigenvalue weighted by atomic mass is 10.4. The zero-order valence-corrected chi connectivity index (χ0v) is 25.6. The van der Waals surface area contributed by atoms with Crippen LogP contribution in [0.2, 0.25) is 0 Å². The molecule has 0 saturated carbocycles. The van der Waals surface area contributed by atoms with Crippen LogP contribution < -0.4 is 31.1 Å². The first-order valence-corrected chi connectivity index (χ1v) is 18.4. The van der Waals surface area contributed by atoms with Gasteiger partial charge >= 0.3 is 8.56 Å². The quantitative estimate of drug-likeness (QED) is 0.230. The summed E-state index contributed by atoms with van der Waals surface area (Å²) in [4.78, 5) is 0. The molecule has 0 aliphatic heterocycles. The van der Waals surface area contributed by atoms with E-state index in [9.17, 15) is 0 Å². The van der Waals surface area contributed by atoms with Gasteiger partial charge in [-0.1, -0.05) is 182 Å². The van der Waals surface area contributed by atoms with E-state index in [0.717, 1.165) is 10.4 Å². The van der Waals surface area contributed by atoms with Crippen LogP contribution >= 0.6 is 0 Å². The maximum atomic E-state index is 7.70. The summed E-state index contributed by atoms with van der Waals surface area (Å²) in [7, 11) is -6.72. The largest absolute Gasteiger partial charge is 0.422 e. The Labute approximate surface area is 247 Å². The smallest absolute Gasteiger partial charge is 0.387 e. The van der Waals surface area contributed by atoms with Crippen molar-refractivity contribution in [2.45, 2.75) is 0 Å². The first-order chi connectivity index (χ1) is 20.3. The topological polar surface area (TPSA) is 18.5 Å². The normalized spacial score (nSPS) is 11.6. The monoisotopic (exact) mass is 578 g/mol. The summed E-state index contributed by atoms with van der Waals surface area (Å²) in [6.45, 7) is 0. The SMILES string of the molecule is c1ccc([Si](O[Si](O[Si](c2ccccc2)c2ccccc2)(c2ccccc2)c2ccccc2)c2ccccc2)cc1. The van der Waals surface area contributed by atoms with Gasteiger partial charge < -0.3 is 8.23 Å². The molecule has 0 unspecified atom stereocenters. The molecule has 0 spiro atoms. The van der Waals surface area contributed by atoms with E-state index < -0.39 is 26.6 Å². The van der Waals surface area contributed by atoms with Crippen LogP contribution in [-0.4, -0.2) is 26.6 Å². The Bertz CT molecular complexity index is 1410. The standard InChI is InChI=1S/C36H30O2Si3/c1-7-19-31(20-8-1)39(32-21-9-2-10-22-32)37-41(35-27-15-5-16-28-35,36-29-17-6-18-30-36)38-40(33-23-11-3-12-24-33)34-25-13-4-14-26-34/h1-30H. The van der Waals surface area contributed by atoms with E-state index in [-0.39, 0.29) is 0 Å². The fourth-order valence-corrected chi connectivity index (χ4v) is 15.8. The van der Waals surface area contributed by atoms with Gasteiger partial charge in [0, 0.05) is 0 Å². The second kappa shape index (κ2) is 13.0. The van der Waals surface area contributed by atoms with Crippen LogP contribution in [0.1, 0.15) is 0 Å². The number of hydrogen-bond donors (Lipinski definition) is 0. The summed E-state index contributed by atoms with van der Waals surface area (Å²) in [5.74, 6) is 0. The first kappa shape index (κ1) is 27.1. The summed E-state index contributed by atoms with van der Waals surface area (Å²) in [6.07, 6.45) is 0. The van der Waals surface area contributed by atoms with E-state index in [1.165, 1.54) is 20.7 Å². The number of hydrogen-bond acceptors (Lipinski definition) is 2. The Morgan fingerprint density at radius 1 is 0.293 bits per heavy atom. The third-order valence-corrected chi connectivity index (χ3v) is 16.5. The highest BCUT2D eigenvalue weighted by Crippen LogP contribution is 2.15. The van der Waals surface area contributed by atoms with E-state index in [4.69, 9.17) is 8.23 Å². The van der Waals surface area contributed by atoms with E-state index in [2.05, 4.69) is 182 Å². The van der Waals surface area contributed by atoms with E-state index in [1.54, 1.807) is 0 Å². The fraction of sp³-hybridized carbons (Fsp3) is 0. The Morgan fingerprint density at radius 2 is 0.512 bits per heavy atom. The summed E-state index contributed by atoms with van der Waals surface area (Å²) in [5, 5.41) is 7.01. The summed E-state index contributed by atoms with van der Waals surface area (Å²) in [5.41, 5.74) is 0. The minimum atomic E-state index is -3.31. The lowest BCUT2D eigenvalue weighted by molar-refractivity contribution is 0.443. The van der Waals surface area contributed by atoms with Crippen LogP contribution in [0.4, 0.5) is 0 Å². The van der Waals surface area contributed by atoms with Gasteiger partial charge in [0.25, 0.3) is 18.1 Å². The molecule has 198 valence electrons. The Kier molecular flexibility index (Phi) is 8.61. The predicted octanol–water partition coefficient (Wildman–Crippen LogP) is 3.89. The molecule has 0 aliphatic rings. The summed E-state index contributed by atoms with van der Waals surface area (Å²) in [6, 6.07) is 63.9. The molecule has 6 aromatic carbocycles. The molecular formula is C36H30O2Si3. The first-order valence-electron chi connectivity index (χ1n) is 13.8. The lowest BCUT2D eigenvalue weighted by Gasteiger charge is -2.38. The van der Waals surface area contributed by atoms with Crippen molar-refractivity contribution in [3.63, 3.8) is 0 Å². The molecule has 6 rings (SSSR count). The van der Waals surface area contributed by atoms with Crippen LogP contribution in [0.3, 0.4) is 0 Å². The highest BCUT2D eigenvalue weighted by atomic mass is 28.5. The maximum absolute atomic E-state index is 7.70. The van der Waals surface area contributed by atoms with Gasteiger partial charge in [-0.25, -0.2) is 0 Å². The third-order valence-electron chi connectivity index (χ3n) is 6.94. The second-order valence-electron chi connectivity index (χ2n) is 9.68. The molecule has 0 heterocycles. The molecule has 2 radical (unpaired) electrons. The van der Waals surface area contributed by atoms with Gasteiger partial charge in [0.15, 0.2) is 0 Å². The van der Waals surface area contributed by atoms with Crippen LogP contribution in [0.25, 0.3) is 0 Å². The Balaban J connectivity index is 1.59. The van der Waals surface area contributed by atoms with E-state index in [0.29, 0.717) is 0 Å². The minimum Gasteiger partial charge on any atom is -0.422 e. The molecule has 0 N–H and O–H groups in total. The average molecular weight is 579 g/mol. The van der Waals surface area contributed by atoms with Crippen LogP contribution in [-0.2, 0) is 8.23 Å². The van der Waals surface area contributed by atoms with Crippen LogP contribution in [0.5, 0.6) is 0 Å². The van der Waals surface area contributed by atoms with Crippen molar-refractivity contribution in [3.8, 4) is 0 Å². The fourth-order valence-electron chi connectivity index (χ4n) is 4.95. The number of rotatable bonds is 10. The van der Waals surface area contributed by atoms with Crippen LogP contribution in [0.15, 0.2) is 182 Å². The average Bonchev–Trinajstić information content (AvgIpc) is 3.07. The third kappa shape index (κ3) is 6.15. The summed E-state index contributed by atoms with van der Waals surface area (Å²) < 4.78 is 15.4.